The minimum atomic E-state index is 1.21. The van der Waals surface area contributed by atoms with Crippen LogP contribution in [-0.4, -0.2) is 4.98 Å². The molecule has 0 radical (unpaired) electrons. The van der Waals surface area contributed by atoms with Crippen molar-refractivity contribution in [2.45, 2.75) is 0 Å². The van der Waals surface area contributed by atoms with Crippen LogP contribution in [0.25, 0.3) is 74.3 Å². The van der Waals surface area contributed by atoms with Gasteiger partial charge in [-0.25, -0.2) is 0 Å². The molecule has 2 heteroatoms. The molecule has 1 N–H and O–H groups in total. The summed E-state index contributed by atoms with van der Waals surface area (Å²) in [5.74, 6) is 0. The van der Waals surface area contributed by atoms with Crippen molar-refractivity contribution in [1.82, 2.24) is 4.98 Å². The second kappa shape index (κ2) is 5.87. The SMILES string of the molecule is c1ccc2c(c1)ccc1c3cc4ccc5c6ccc7ccccc7c6sc5c4cc3[nH]c21. The zero-order chi connectivity index (χ0) is 20.8. The molecule has 0 atom stereocenters. The van der Waals surface area contributed by atoms with Crippen molar-refractivity contribution in [3.05, 3.63) is 97.1 Å². The Morgan fingerprint density at radius 3 is 1.88 bits per heavy atom. The lowest BCUT2D eigenvalue weighted by Crippen LogP contribution is -1.75. The number of fused-ring (bicyclic) bond motifs is 12. The van der Waals surface area contributed by atoms with Gasteiger partial charge >= 0.3 is 0 Å². The van der Waals surface area contributed by atoms with Crippen LogP contribution in [0.1, 0.15) is 0 Å². The first kappa shape index (κ1) is 16.8. The van der Waals surface area contributed by atoms with E-state index in [2.05, 4.69) is 102 Å². The summed E-state index contributed by atoms with van der Waals surface area (Å²) in [5.41, 5.74) is 2.44. The molecule has 1 nitrogen and oxygen atoms in total. The van der Waals surface area contributed by atoms with Gasteiger partial charge in [-0.15, -0.1) is 11.3 Å². The van der Waals surface area contributed by atoms with Crippen molar-refractivity contribution in [3.8, 4) is 0 Å². The molecule has 8 aromatic rings. The van der Waals surface area contributed by atoms with E-state index >= 15 is 0 Å². The third kappa shape index (κ3) is 2.08. The van der Waals surface area contributed by atoms with Crippen LogP contribution in [0.4, 0.5) is 0 Å². The Balaban J connectivity index is 1.53. The predicted molar refractivity (Wildman–Crippen MR) is 141 cm³/mol. The first-order valence-electron chi connectivity index (χ1n) is 10.9. The van der Waals surface area contributed by atoms with E-state index in [4.69, 9.17) is 0 Å². The maximum absolute atomic E-state index is 3.75. The molecule has 0 fully saturated rings. The number of benzene rings is 6. The highest BCUT2D eigenvalue weighted by molar-refractivity contribution is 7.27. The molecule has 2 heterocycles. The summed E-state index contributed by atoms with van der Waals surface area (Å²) in [6.45, 7) is 0. The van der Waals surface area contributed by atoms with E-state index in [-0.39, 0.29) is 0 Å². The first-order chi connectivity index (χ1) is 15.8. The van der Waals surface area contributed by atoms with Crippen LogP contribution in [0.3, 0.4) is 0 Å². The van der Waals surface area contributed by atoms with E-state index < -0.39 is 0 Å². The predicted octanol–water partition coefficient (Wildman–Crippen LogP) is 9.15. The average Bonchev–Trinajstić information content (AvgIpc) is 3.41. The number of H-pyrrole nitrogens is 1. The Morgan fingerprint density at radius 2 is 1.06 bits per heavy atom. The number of aromatic nitrogens is 1. The van der Waals surface area contributed by atoms with Gasteiger partial charge in [-0.1, -0.05) is 84.9 Å². The normalized spacial score (nSPS) is 12.4. The number of thiophene rings is 1. The van der Waals surface area contributed by atoms with Crippen molar-refractivity contribution in [1.29, 1.82) is 0 Å². The number of aromatic amines is 1. The van der Waals surface area contributed by atoms with Gasteiger partial charge in [-0.3, -0.25) is 0 Å². The van der Waals surface area contributed by atoms with Crippen molar-refractivity contribution >= 4 is 85.6 Å². The Kier molecular flexibility index (Phi) is 3.08. The maximum atomic E-state index is 3.75. The van der Waals surface area contributed by atoms with E-state index in [1.807, 2.05) is 11.3 Å². The smallest absolute Gasteiger partial charge is 0.0544 e. The largest absolute Gasteiger partial charge is 0.354 e. The number of hydrogen-bond acceptors (Lipinski definition) is 1. The molecular formula is C30H17NS. The van der Waals surface area contributed by atoms with Crippen molar-refractivity contribution in [2.24, 2.45) is 0 Å². The van der Waals surface area contributed by atoms with Gasteiger partial charge in [0.2, 0.25) is 0 Å². The number of rotatable bonds is 0. The Hall–Kier alpha value is -3.88. The topological polar surface area (TPSA) is 15.8 Å². The third-order valence-corrected chi connectivity index (χ3v) is 8.25. The molecule has 2 aromatic heterocycles. The second-order valence-corrected chi connectivity index (χ2v) is 9.68. The molecule has 0 saturated heterocycles. The van der Waals surface area contributed by atoms with Crippen LogP contribution in [0.2, 0.25) is 0 Å². The molecular weight excluding hydrogens is 406 g/mol. The van der Waals surface area contributed by atoms with Crippen LogP contribution in [0.5, 0.6) is 0 Å². The van der Waals surface area contributed by atoms with Crippen molar-refractivity contribution in [2.75, 3.05) is 0 Å². The van der Waals surface area contributed by atoms with E-state index in [0.29, 0.717) is 0 Å². The summed E-state index contributed by atoms with van der Waals surface area (Å²) in [5, 5.41) is 13.1. The fourth-order valence-corrected chi connectivity index (χ4v) is 6.79. The van der Waals surface area contributed by atoms with Gasteiger partial charge < -0.3 is 4.98 Å². The van der Waals surface area contributed by atoms with Gasteiger partial charge in [0.1, 0.15) is 0 Å². The molecule has 32 heavy (non-hydrogen) atoms. The van der Waals surface area contributed by atoms with Gasteiger partial charge in [0.25, 0.3) is 0 Å². The van der Waals surface area contributed by atoms with E-state index in [1.165, 1.54) is 74.3 Å². The standard InChI is InChI=1S/C30H17NS/c1-3-7-20-17(5-1)9-12-22-26-15-19-11-14-24-23-13-10-18-6-2-4-8-21(18)29(23)32-30(24)25(19)16-27(26)31-28(20)22/h1-16,31H. The Labute approximate surface area is 187 Å². The lowest BCUT2D eigenvalue weighted by Gasteiger charge is -2.01. The van der Waals surface area contributed by atoms with E-state index in [0.717, 1.165) is 0 Å². The van der Waals surface area contributed by atoms with Crippen molar-refractivity contribution < 1.29 is 0 Å². The number of hydrogen-bond donors (Lipinski definition) is 1. The van der Waals surface area contributed by atoms with Crippen LogP contribution < -0.4 is 0 Å². The van der Waals surface area contributed by atoms with E-state index in [1.54, 1.807) is 0 Å². The summed E-state index contributed by atoms with van der Waals surface area (Å²) in [4.78, 5) is 3.75. The van der Waals surface area contributed by atoms with Gasteiger partial charge in [-0.2, -0.15) is 0 Å². The molecule has 6 aromatic carbocycles. The summed E-state index contributed by atoms with van der Waals surface area (Å²) < 4.78 is 2.76. The molecule has 8 rings (SSSR count). The lowest BCUT2D eigenvalue weighted by molar-refractivity contribution is 1.57. The molecule has 148 valence electrons. The molecule has 0 unspecified atom stereocenters. The molecule has 0 aliphatic heterocycles. The van der Waals surface area contributed by atoms with Crippen molar-refractivity contribution in [3.63, 3.8) is 0 Å². The van der Waals surface area contributed by atoms with Crippen LogP contribution in [0, 0.1) is 0 Å². The zero-order valence-corrected chi connectivity index (χ0v) is 18.0. The minimum absolute atomic E-state index is 1.21. The molecule has 0 aliphatic carbocycles. The first-order valence-corrected chi connectivity index (χ1v) is 11.8. The third-order valence-electron chi connectivity index (χ3n) is 6.96. The monoisotopic (exact) mass is 423 g/mol. The van der Waals surface area contributed by atoms with Crippen LogP contribution in [0.15, 0.2) is 97.1 Å². The highest BCUT2D eigenvalue weighted by Crippen LogP contribution is 2.43. The molecule has 0 amide bonds. The van der Waals surface area contributed by atoms with Gasteiger partial charge in [-0.05, 0) is 33.7 Å². The second-order valence-electron chi connectivity index (χ2n) is 8.66. The zero-order valence-electron chi connectivity index (χ0n) is 17.1. The average molecular weight is 424 g/mol. The summed E-state index contributed by atoms with van der Waals surface area (Å²) in [6, 6.07) is 35.7. The highest BCUT2D eigenvalue weighted by Gasteiger charge is 2.14. The fourth-order valence-electron chi connectivity index (χ4n) is 5.43. The van der Waals surface area contributed by atoms with Gasteiger partial charge in [0, 0.05) is 47.2 Å². The maximum Gasteiger partial charge on any atom is 0.0544 e. The minimum Gasteiger partial charge on any atom is -0.354 e. The molecule has 0 bridgehead atoms. The summed E-state index contributed by atoms with van der Waals surface area (Å²) >= 11 is 1.92. The molecule has 0 spiro atoms. The number of nitrogens with one attached hydrogen (secondary N) is 1. The molecule has 0 saturated carbocycles. The Morgan fingerprint density at radius 1 is 0.438 bits per heavy atom. The van der Waals surface area contributed by atoms with Gasteiger partial charge in [0.15, 0.2) is 0 Å². The van der Waals surface area contributed by atoms with Crippen LogP contribution in [-0.2, 0) is 0 Å². The van der Waals surface area contributed by atoms with E-state index in [9.17, 15) is 0 Å². The highest BCUT2D eigenvalue weighted by atomic mass is 32.1. The Bertz CT molecular complexity index is 2030. The lowest BCUT2D eigenvalue weighted by atomic mass is 10.0. The molecule has 0 aliphatic rings. The van der Waals surface area contributed by atoms with Gasteiger partial charge in [0.05, 0.1) is 5.52 Å². The quantitative estimate of drug-likeness (QED) is 0.250. The summed E-state index contributed by atoms with van der Waals surface area (Å²) in [6.07, 6.45) is 0. The summed E-state index contributed by atoms with van der Waals surface area (Å²) in [7, 11) is 0. The fraction of sp³-hybridized carbons (Fsp3) is 0. The van der Waals surface area contributed by atoms with Crippen LogP contribution >= 0.6 is 11.3 Å².